The summed E-state index contributed by atoms with van der Waals surface area (Å²) in [6, 6.07) is 10.0. The van der Waals surface area contributed by atoms with Crippen molar-refractivity contribution >= 4 is 29.3 Å². The Bertz CT molecular complexity index is 1040. The van der Waals surface area contributed by atoms with Gasteiger partial charge >= 0.3 is 0 Å². The first-order chi connectivity index (χ1) is 14.5. The molecule has 1 heterocycles. The van der Waals surface area contributed by atoms with Gasteiger partial charge in [0.1, 0.15) is 5.75 Å². The number of nitrogens with one attached hydrogen (secondary N) is 2. The van der Waals surface area contributed by atoms with Crippen LogP contribution in [0.3, 0.4) is 0 Å². The molecule has 156 valence electrons. The Morgan fingerprint density at radius 2 is 1.87 bits per heavy atom. The van der Waals surface area contributed by atoms with E-state index in [-0.39, 0.29) is 18.0 Å². The minimum atomic E-state index is -1.08. The molecule has 0 aliphatic rings. The highest BCUT2D eigenvalue weighted by atomic mass is 32.2. The SMILES string of the molecule is COc1ccc(-n2nnnc2SCC(=O)NCC(=O)Nc2ccc(F)c(F)c2)cc1. The molecule has 0 radical (unpaired) electrons. The van der Waals surface area contributed by atoms with E-state index in [1.54, 1.807) is 31.4 Å². The summed E-state index contributed by atoms with van der Waals surface area (Å²) >= 11 is 1.09. The van der Waals surface area contributed by atoms with Crippen LogP contribution in [0.1, 0.15) is 0 Å². The molecule has 2 N–H and O–H groups in total. The Kier molecular flexibility index (Phi) is 6.91. The van der Waals surface area contributed by atoms with E-state index in [9.17, 15) is 18.4 Å². The number of amides is 2. The number of anilines is 1. The summed E-state index contributed by atoms with van der Waals surface area (Å²) in [6.07, 6.45) is 0. The molecule has 0 saturated carbocycles. The molecule has 0 fully saturated rings. The fourth-order valence-corrected chi connectivity index (χ4v) is 3.01. The van der Waals surface area contributed by atoms with Gasteiger partial charge in [-0.2, -0.15) is 4.68 Å². The monoisotopic (exact) mass is 434 g/mol. The Hall–Kier alpha value is -3.54. The summed E-state index contributed by atoms with van der Waals surface area (Å²) in [4.78, 5) is 23.9. The van der Waals surface area contributed by atoms with Crippen molar-refractivity contribution in [3.05, 3.63) is 54.1 Å². The van der Waals surface area contributed by atoms with Gasteiger partial charge in [-0.05, 0) is 46.8 Å². The predicted molar refractivity (Wildman–Crippen MR) is 104 cm³/mol. The molecular weight excluding hydrogens is 418 g/mol. The lowest BCUT2D eigenvalue weighted by Gasteiger charge is -2.08. The summed E-state index contributed by atoms with van der Waals surface area (Å²) < 4.78 is 32.6. The van der Waals surface area contributed by atoms with Crippen LogP contribution in [0.5, 0.6) is 5.75 Å². The van der Waals surface area contributed by atoms with Crippen LogP contribution >= 0.6 is 11.8 Å². The molecule has 9 nitrogen and oxygen atoms in total. The fourth-order valence-electron chi connectivity index (χ4n) is 2.29. The third kappa shape index (κ3) is 5.50. The summed E-state index contributed by atoms with van der Waals surface area (Å²) in [6.45, 7) is -0.332. The number of thioether (sulfide) groups is 1. The first kappa shape index (κ1) is 21.2. The molecule has 0 saturated heterocycles. The van der Waals surface area contributed by atoms with Crippen molar-refractivity contribution in [3.8, 4) is 11.4 Å². The van der Waals surface area contributed by atoms with Gasteiger partial charge in [-0.1, -0.05) is 11.8 Å². The van der Waals surface area contributed by atoms with Gasteiger partial charge in [0, 0.05) is 11.8 Å². The molecule has 0 spiro atoms. The normalized spacial score (nSPS) is 10.5. The lowest BCUT2D eigenvalue weighted by molar-refractivity contribution is -0.122. The number of rotatable bonds is 8. The number of nitrogens with zero attached hydrogens (tertiary/aromatic N) is 4. The van der Waals surface area contributed by atoms with Crippen LogP contribution in [0.25, 0.3) is 5.69 Å². The molecule has 2 amide bonds. The number of halogens is 2. The van der Waals surface area contributed by atoms with Gasteiger partial charge < -0.3 is 15.4 Å². The number of benzene rings is 2. The number of ether oxygens (including phenoxy) is 1. The zero-order valence-corrected chi connectivity index (χ0v) is 16.4. The maximum absolute atomic E-state index is 13.1. The summed E-state index contributed by atoms with van der Waals surface area (Å²) in [5.41, 5.74) is 0.774. The maximum Gasteiger partial charge on any atom is 0.243 e. The van der Waals surface area contributed by atoms with Crippen LogP contribution < -0.4 is 15.4 Å². The number of carbonyl (C=O) groups is 2. The zero-order chi connectivity index (χ0) is 21.5. The van der Waals surface area contributed by atoms with Crippen molar-refractivity contribution in [1.29, 1.82) is 0 Å². The zero-order valence-electron chi connectivity index (χ0n) is 15.6. The van der Waals surface area contributed by atoms with Gasteiger partial charge in [0.05, 0.1) is 25.1 Å². The van der Waals surface area contributed by atoms with Gasteiger partial charge in [0.15, 0.2) is 11.6 Å². The fraction of sp³-hybridized carbons (Fsp3) is 0.167. The topological polar surface area (TPSA) is 111 Å². The van der Waals surface area contributed by atoms with Crippen molar-refractivity contribution in [2.24, 2.45) is 0 Å². The molecular formula is C18H16F2N6O3S. The highest BCUT2D eigenvalue weighted by molar-refractivity contribution is 7.99. The van der Waals surface area contributed by atoms with Gasteiger partial charge in [0.2, 0.25) is 17.0 Å². The lowest BCUT2D eigenvalue weighted by atomic mass is 10.3. The Morgan fingerprint density at radius 3 is 2.57 bits per heavy atom. The summed E-state index contributed by atoms with van der Waals surface area (Å²) in [7, 11) is 1.56. The van der Waals surface area contributed by atoms with E-state index in [1.807, 2.05) is 0 Å². The van der Waals surface area contributed by atoms with Crippen molar-refractivity contribution < 1.29 is 23.1 Å². The molecule has 0 atom stereocenters. The van der Waals surface area contributed by atoms with Crippen LogP contribution in [-0.4, -0.2) is 51.4 Å². The first-order valence-corrected chi connectivity index (χ1v) is 9.52. The molecule has 2 aromatic carbocycles. The number of tetrazole rings is 1. The van der Waals surface area contributed by atoms with Crippen LogP contribution in [0.2, 0.25) is 0 Å². The van der Waals surface area contributed by atoms with Gasteiger partial charge in [0.25, 0.3) is 0 Å². The Morgan fingerprint density at radius 1 is 1.10 bits per heavy atom. The molecule has 3 aromatic rings. The Balaban J connectivity index is 1.48. The number of aromatic nitrogens is 4. The third-order valence-electron chi connectivity index (χ3n) is 3.74. The van der Waals surface area contributed by atoms with Crippen LogP contribution in [0, 0.1) is 11.6 Å². The minimum Gasteiger partial charge on any atom is -0.497 e. The quantitative estimate of drug-likeness (QED) is 0.520. The first-order valence-electron chi connectivity index (χ1n) is 8.53. The number of methoxy groups -OCH3 is 1. The van der Waals surface area contributed by atoms with E-state index in [0.29, 0.717) is 16.6 Å². The van der Waals surface area contributed by atoms with Crippen molar-refractivity contribution in [2.45, 2.75) is 5.16 Å². The lowest BCUT2D eigenvalue weighted by Crippen LogP contribution is -2.34. The third-order valence-corrected chi connectivity index (χ3v) is 4.66. The van der Waals surface area contributed by atoms with Crippen LogP contribution in [0.4, 0.5) is 14.5 Å². The van der Waals surface area contributed by atoms with E-state index in [0.717, 1.165) is 23.9 Å². The highest BCUT2D eigenvalue weighted by Crippen LogP contribution is 2.20. The van der Waals surface area contributed by atoms with E-state index in [2.05, 4.69) is 26.2 Å². The average molecular weight is 434 g/mol. The molecule has 1 aromatic heterocycles. The Labute approximate surface area is 173 Å². The smallest absolute Gasteiger partial charge is 0.243 e. The second-order valence-electron chi connectivity index (χ2n) is 5.81. The number of hydrogen-bond acceptors (Lipinski definition) is 7. The second kappa shape index (κ2) is 9.78. The van der Waals surface area contributed by atoms with E-state index >= 15 is 0 Å². The van der Waals surface area contributed by atoms with Crippen molar-refractivity contribution in [3.63, 3.8) is 0 Å². The predicted octanol–water partition coefficient (Wildman–Crippen LogP) is 1.80. The average Bonchev–Trinajstić information content (AvgIpc) is 3.22. The van der Waals surface area contributed by atoms with Crippen LogP contribution in [0.15, 0.2) is 47.6 Å². The highest BCUT2D eigenvalue weighted by Gasteiger charge is 2.13. The molecule has 0 unspecified atom stereocenters. The summed E-state index contributed by atoms with van der Waals surface area (Å²) in [5.74, 6) is -2.46. The van der Waals surface area contributed by atoms with E-state index in [1.165, 1.54) is 10.7 Å². The van der Waals surface area contributed by atoms with Gasteiger partial charge in [-0.15, -0.1) is 5.10 Å². The summed E-state index contributed by atoms with van der Waals surface area (Å²) in [5, 5.41) is 16.6. The van der Waals surface area contributed by atoms with E-state index < -0.39 is 23.4 Å². The van der Waals surface area contributed by atoms with Crippen molar-refractivity contribution in [2.75, 3.05) is 24.7 Å². The van der Waals surface area contributed by atoms with Gasteiger partial charge in [-0.25, -0.2) is 8.78 Å². The molecule has 0 aliphatic heterocycles. The van der Waals surface area contributed by atoms with Gasteiger partial charge in [-0.3, -0.25) is 9.59 Å². The maximum atomic E-state index is 13.1. The van der Waals surface area contributed by atoms with Crippen LogP contribution in [-0.2, 0) is 9.59 Å². The van der Waals surface area contributed by atoms with Crippen molar-refractivity contribution in [1.82, 2.24) is 25.5 Å². The second-order valence-corrected chi connectivity index (χ2v) is 6.76. The number of hydrogen-bond donors (Lipinski definition) is 2. The van der Waals surface area contributed by atoms with E-state index in [4.69, 9.17) is 4.74 Å². The number of carbonyl (C=O) groups excluding carboxylic acids is 2. The minimum absolute atomic E-state index is 0.0328. The largest absolute Gasteiger partial charge is 0.497 e. The molecule has 12 heteroatoms. The molecule has 0 bridgehead atoms. The standard InChI is InChI=1S/C18H16F2N6O3S/c1-29-13-5-3-12(4-6-13)26-18(23-24-25-26)30-10-17(28)21-9-16(27)22-11-2-7-14(19)15(20)8-11/h2-8H,9-10H2,1H3,(H,21,28)(H,22,27). The molecule has 0 aliphatic carbocycles. The molecule has 3 rings (SSSR count). The molecule has 30 heavy (non-hydrogen) atoms.